The summed E-state index contributed by atoms with van der Waals surface area (Å²) in [4.78, 5) is 15.4. The van der Waals surface area contributed by atoms with Crippen LogP contribution in [0.5, 0.6) is 0 Å². The predicted molar refractivity (Wildman–Crippen MR) is 62.3 cm³/mol. The van der Waals surface area contributed by atoms with Gasteiger partial charge in [0, 0.05) is 6.54 Å². The molecule has 1 atom stereocenters. The molecule has 1 amide bonds. The fourth-order valence-corrected chi connectivity index (χ4v) is 1.30. The van der Waals surface area contributed by atoms with Crippen LogP contribution in [0, 0.1) is 0 Å². The van der Waals surface area contributed by atoms with Gasteiger partial charge in [-0.25, -0.2) is 4.98 Å². The van der Waals surface area contributed by atoms with Gasteiger partial charge in [0.05, 0.1) is 23.6 Å². The molecular weight excluding hydrogens is 230 g/mol. The number of aliphatic hydroxyl groups excluding tert-OH is 1. The van der Waals surface area contributed by atoms with Crippen molar-refractivity contribution >= 4 is 23.2 Å². The van der Waals surface area contributed by atoms with Crippen molar-refractivity contribution in [2.75, 3.05) is 12.3 Å². The van der Waals surface area contributed by atoms with Crippen LogP contribution in [0.25, 0.3) is 0 Å². The Morgan fingerprint density at radius 3 is 3.06 bits per heavy atom. The maximum Gasteiger partial charge on any atom is 0.254 e. The minimum atomic E-state index is -0.449. The molecule has 16 heavy (non-hydrogen) atoms. The van der Waals surface area contributed by atoms with E-state index in [0.717, 1.165) is 0 Å². The van der Waals surface area contributed by atoms with Crippen LogP contribution in [-0.2, 0) is 0 Å². The highest BCUT2D eigenvalue weighted by Gasteiger charge is 2.11. The highest BCUT2D eigenvalue weighted by atomic mass is 35.5. The van der Waals surface area contributed by atoms with Crippen molar-refractivity contribution < 1.29 is 9.90 Å². The zero-order valence-electron chi connectivity index (χ0n) is 8.90. The minimum Gasteiger partial charge on any atom is -0.397 e. The maximum absolute atomic E-state index is 11.6. The second kappa shape index (κ2) is 5.67. The number of halogens is 1. The first-order valence-electron chi connectivity index (χ1n) is 4.88. The molecule has 0 bridgehead atoms. The number of nitrogen functional groups attached to an aromatic ring is 1. The van der Waals surface area contributed by atoms with Crippen molar-refractivity contribution in [3.8, 4) is 0 Å². The van der Waals surface area contributed by atoms with Crippen LogP contribution < -0.4 is 11.1 Å². The number of aromatic nitrogens is 1. The molecule has 0 aromatic carbocycles. The maximum atomic E-state index is 11.6. The molecule has 1 rings (SSSR count). The number of nitrogens with one attached hydrogen (secondary N) is 1. The molecule has 1 unspecified atom stereocenters. The van der Waals surface area contributed by atoms with Gasteiger partial charge in [-0.2, -0.15) is 0 Å². The van der Waals surface area contributed by atoms with Crippen molar-refractivity contribution in [1.82, 2.24) is 10.3 Å². The Kier molecular flexibility index (Phi) is 4.52. The molecule has 0 aliphatic rings. The van der Waals surface area contributed by atoms with E-state index in [9.17, 15) is 4.79 Å². The Morgan fingerprint density at radius 2 is 2.44 bits per heavy atom. The third-order valence-electron chi connectivity index (χ3n) is 1.95. The molecule has 1 aromatic heterocycles. The van der Waals surface area contributed by atoms with E-state index in [-0.39, 0.29) is 16.6 Å². The van der Waals surface area contributed by atoms with Crippen LogP contribution in [0.2, 0.25) is 5.15 Å². The first kappa shape index (κ1) is 12.7. The molecule has 4 N–H and O–H groups in total. The number of nitrogens with two attached hydrogens (primary N) is 1. The summed E-state index contributed by atoms with van der Waals surface area (Å²) in [5.41, 5.74) is 6.12. The second-order valence-corrected chi connectivity index (χ2v) is 3.86. The van der Waals surface area contributed by atoms with Crippen molar-refractivity contribution in [2.45, 2.75) is 19.4 Å². The summed E-state index contributed by atoms with van der Waals surface area (Å²) in [6.45, 7) is 2.03. The van der Waals surface area contributed by atoms with Crippen molar-refractivity contribution in [3.05, 3.63) is 23.0 Å². The number of nitrogens with zero attached hydrogens (tertiary/aromatic N) is 1. The van der Waals surface area contributed by atoms with Gasteiger partial charge in [-0.3, -0.25) is 4.79 Å². The van der Waals surface area contributed by atoms with Gasteiger partial charge in [-0.05, 0) is 19.4 Å². The van der Waals surface area contributed by atoms with Crippen LogP contribution in [0.4, 0.5) is 5.69 Å². The number of hydrogen-bond acceptors (Lipinski definition) is 4. The lowest BCUT2D eigenvalue weighted by molar-refractivity contribution is 0.0945. The fourth-order valence-electron chi connectivity index (χ4n) is 1.11. The average Bonchev–Trinajstić information content (AvgIpc) is 2.21. The third kappa shape index (κ3) is 3.67. The smallest absolute Gasteiger partial charge is 0.254 e. The van der Waals surface area contributed by atoms with Crippen molar-refractivity contribution in [3.63, 3.8) is 0 Å². The summed E-state index contributed by atoms with van der Waals surface area (Å²) in [6.07, 6.45) is 1.42. The van der Waals surface area contributed by atoms with Gasteiger partial charge in [0.15, 0.2) is 0 Å². The molecule has 0 fully saturated rings. The minimum absolute atomic E-state index is 0.115. The summed E-state index contributed by atoms with van der Waals surface area (Å²) in [6, 6.07) is 1.47. The molecule has 88 valence electrons. The Morgan fingerprint density at radius 1 is 1.75 bits per heavy atom. The summed E-state index contributed by atoms with van der Waals surface area (Å²) in [5, 5.41) is 11.8. The normalized spacial score (nSPS) is 12.2. The Bertz CT molecular complexity index is 382. The number of anilines is 1. The number of amides is 1. The van der Waals surface area contributed by atoms with E-state index in [1.54, 1.807) is 6.92 Å². The zero-order valence-corrected chi connectivity index (χ0v) is 9.66. The highest BCUT2D eigenvalue weighted by Crippen LogP contribution is 2.15. The molecule has 0 saturated carbocycles. The standard InChI is InChI=1S/C10H14ClN3O2/c1-6(15)2-3-13-10(16)8-4-7(12)5-14-9(8)11/h4-6,15H,2-3,12H2,1H3,(H,13,16). The third-order valence-corrected chi connectivity index (χ3v) is 2.25. The zero-order chi connectivity index (χ0) is 12.1. The topological polar surface area (TPSA) is 88.2 Å². The molecule has 6 heteroatoms. The van der Waals surface area contributed by atoms with E-state index in [1.165, 1.54) is 12.3 Å². The van der Waals surface area contributed by atoms with Gasteiger partial charge in [0.1, 0.15) is 5.15 Å². The van der Waals surface area contributed by atoms with E-state index in [0.29, 0.717) is 18.7 Å². The molecule has 0 spiro atoms. The van der Waals surface area contributed by atoms with Gasteiger partial charge in [0.2, 0.25) is 0 Å². The van der Waals surface area contributed by atoms with Gasteiger partial charge in [-0.1, -0.05) is 11.6 Å². The predicted octanol–water partition coefficient (Wildman–Crippen LogP) is 0.818. The van der Waals surface area contributed by atoms with Crippen LogP contribution in [0.15, 0.2) is 12.3 Å². The molecular formula is C10H14ClN3O2. The van der Waals surface area contributed by atoms with Crippen LogP contribution in [0.1, 0.15) is 23.7 Å². The van der Waals surface area contributed by atoms with Crippen LogP contribution in [0.3, 0.4) is 0 Å². The highest BCUT2D eigenvalue weighted by molar-refractivity contribution is 6.32. The summed E-state index contributed by atoms with van der Waals surface area (Å²) < 4.78 is 0. The fraction of sp³-hybridized carbons (Fsp3) is 0.400. The number of carbonyl (C=O) groups is 1. The molecule has 1 heterocycles. The molecule has 0 aliphatic heterocycles. The molecule has 1 aromatic rings. The number of rotatable bonds is 4. The van der Waals surface area contributed by atoms with Crippen LogP contribution >= 0.6 is 11.6 Å². The number of pyridine rings is 1. The summed E-state index contributed by atoms with van der Waals surface area (Å²) in [7, 11) is 0. The first-order valence-corrected chi connectivity index (χ1v) is 5.25. The van der Waals surface area contributed by atoms with Gasteiger partial charge in [0.25, 0.3) is 5.91 Å². The van der Waals surface area contributed by atoms with E-state index < -0.39 is 6.10 Å². The van der Waals surface area contributed by atoms with Gasteiger partial charge in [-0.15, -0.1) is 0 Å². The van der Waals surface area contributed by atoms with Gasteiger partial charge < -0.3 is 16.2 Å². The SMILES string of the molecule is CC(O)CCNC(=O)c1cc(N)cnc1Cl. The summed E-state index contributed by atoms with van der Waals surface area (Å²) >= 11 is 5.76. The van der Waals surface area contributed by atoms with E-state index in [2.05, 4.69) is 10.3 Å². The monoisotopic (exact) mass is 243 g/mol. The molecule has 0 aliphatic carbocycles. The number of carbonyl (C=O) groups excluding carboxylic acids is 1. The quantitative estimate of drug-likeness (QED) is 0.683. The number of hydrogen-bond donors (Lipinski definition) is 3. The largest absolute Gasteiger partial charge is 0.397 e. The lowest BCUT2D eigenvalue weighted by Crippen LogP contribution is -2.27. The van der Waals surface area contributed by atoms with Gasteiger partial charge >= 0.3 is 0 Å². The van der Waals surface area contributed by atoms with E-state index in [1.807, 2.05) is 0 Å². The molecule has 0 radical (unpaired) electrons. The lowest BCUT2D eigenvalue weighted by Gasteiger charge is -2.07. The first-order chi connectivity index (χ1) is 7.50. The summed E-state index contributed by atoms with van der Waals surface area (Å²) in [5.74, 6) is -0.342. The Balaban J connectivity index is 2.62. The van der Waals surface area contributed by atoms with Crippen molar-refractivity contribution in [2.24, 2.45) is 0 Å². The molecule has 0 saturated heterocycles. The average molecular weight is 244 g/mol. The second-order valence-electron chi connectivity index (χ2n) is 3.50. The van der Waals surface area contributed by atoms with Crippen molar-refractivity contribution in [1.29, 1.82) is 0 Å². The Labute approximate surface area is 98.6 Å². The van der Waals surface area contributed by atoms with E-state index in [4.69, 9.17) is 22.4 Å². The van der Waals surface area contributed by atoms with Crippen LogP contribution in [-0.4, -0.2) is 28.6 Å². The molecule has 5 nitrogen and oxygen atoms in total. The number of aliphatic hydroxyl groups is 1. The Hall–Kier alpha value is -1.33. The van der Waals surface area contributed by atoms with E-state index >= 15 is 0 Å². The lowest BCUT2D eigenvalue weighted by atomic mass is 10.2.